The lowest BCUT2D eigenvalue weighted by Crippen LogP contribution is -2.47. The molecule has 20 heavy (non-hydrogen) atoms. The van der Waals surface area contributed by atoms with Crippen LogP contribution in [0.4, 0.5) is 10.3 Å². The highest BCUT2D eigenvalue weighted by Gasteiger charge is 2.24. The minimum atomic E-state index is 0.569. The lowest BCUT2D eigenvalue weighted by atomic mass is 9.96. The molecule has 0 amide bonds. The molecule has 2 N–H and O–H groups in total. The molecule has 3 rings (SSSR count). The van der Waals surface area contributed by atoms with Gasteiger partial charge in [-0.3, -0.25) is 0 Å². The van der Waals surface area contributed by atoms with Crippen LogP contribution in [-0.4, -0.2) is 72.9 Å². The summed E-state index contributed by atoms with van der Waals surface area (Å²) in [5.41, 5.74) is 5.66. The number of hydrogen-bond acceptors (Lipinski definition) is 7. The molecule has 0 bridgehead atoms. The van der Waals surface area contributed by atoms with Crippen LogP contribution in [0.2, 0.25) is 0 Å². The largest absolute Gasteiger partial charge is 0.374 e. The molecule has 3 heterocycles. The monoisotopic (exact) mass is 296 g/mol. The quantitative estimate of drug-likeness (QED) is 0.880. The van der Waals surface area contributed by atoms with E-state index in [1.165, 1.54) is 56.9 Å². The van der Waals surface area contributed by atoms with Gasteiger partial charge in [-0.15, -0.1) is 10.2 Å². The van der Waals surface area contributed by atoms with Gasteiger partial charge in [0.1, 0.15) is 0 Å². The molecule has 2 aliphatic rings. The fraction of sp³-hybridized carbons (Fsp3) is 0.846. The van der Waals surface area contributed by atoms with Gasteiger partial charge in [-0.05, 0) is 25.8 Å². The highest BCUT2D eigenvalue weighted by Crippen LogP contribution is 2.27. The van der Waals surface area contributed by atoms with Gasteiger partial charge >= 0.3 is 0 Å². The van der Waals surface area contributed by atoms with E-state index in [0.717, 1.165) is 24.1 Å². The Hall–Kier alpha value is -0.920. The normalized spacial score (nSPS) is 23.4. The first-order chi connectivity index (χ1) is 9.70. The number of likely N-dealkylation sites (N-methyl/N-ethyl adjacent to an activating group) is 1. The summed E-state index contributed by atoms with van der Waals surface area (Å²) in [6, 6.07) is 0. The number of nitrogens with two attached hydrogens (primary N) is 1. The van der Waals surface area contributed by atoms with Crippen LogP contribution in [0.15, 0.2) is 0 Å². The molecule has 0 atom stereocenters. The Kier molecular flexibility index (Phi) is 4.38. The average Bonchev–Trinajstić information content (AvgIpc) is 2.89. The van der Waals surface area contributed by atoms with Crippen molar-refractivity contribution >= 4 is 21.6 Å². The van der Waals surface area contributed by atoms with Gasteiger partial charge in [0.05, 0.1) is 0 Å². The number of nitrogens with zero attached hydrogens (tertiary/aromatic N) is 5. The van der Waals surface area contributed by atoms with Crippen molar-refractivity contribution in [2.75, 3.05) is 63.5 Å². The van der Waals surface area contributed by atoms with E-state index in [-0.39, 0.29) is 0 Å². The summed E-state index contributed by atoms with van der Waals surface area (Å²) < 4.78 is 0. The van der Waals surface area contributed by atoms with Crippen LogP contribution >= 0.6 is 11.3 Å². The van der Waals surface area contributed by atoms with Crippen molar-refractivity contribution < 1.29 is 0 Å². The van der Waals surface area contributed by atoms with E-state index in [1.807, 2.05) is 0 Å². The van der Waals surface area contributed by atoms with Crippen LogP contribution in [-0.2, 0) is 0 Å². The summed E-state index contributed by atoms with van der Waals surface area (Å²) in [6.07, 6.45) is 2.51. The fourth-order valence-corrected chi connectivity index (χ4v) is 3.72. The van der Waals surface area contributed by atoms with Crippen molar-refractivity contribution in [2.24, 2.45) is 5.92 Å². The molecule has 2 fully saturated rings. The molecule has 2 aliphatic heterocycles. The highest BCUT2D eigenvalue weighted by molar-refractivity contribution is 7.18. The molecule has 0 radical (unpaired) electrons. The lowest BCUT2D eigenvalue weighted by Gasteiger charge is -2.37. The van der Waals surface area contributed by atoms with Crippen LogP contribution < -0.4 is 10.6 Å². The molecule has 0 unspecified atom stereocenters. The van der Waals surface area contributed by atoms with Gasteiger partial charge in [-0.25, -0.2) is 0 Å². The minimum Gasteiger partial charge on any atom is -0.374 e. The van der Waals surface area contributed by atoms with Crippen LogP contribution in [0.25, 0.3) is 0 Å². The second-order valence-corrected chi connectivity index (χ2v) is 6.94. The third-order valence-electron chi connectivity index (χ3n) is 4.43. The second-order valence-electron chi connectivity index (χ2n) is 5.96. The average molecular weight is 296 g/mol. The topological polar surface area (TPSA) is 61.5 Å². The number of hydrogen-bond donors (Lipinski definition) is 1. The van der Waals surface area contributed by atoms with Crippen molar-refractivity contribution in [1.29, 1.82) is 0 Å². The molecule has 1 aromatic heterocycles. The molecule has 7 heteroatoms. The maximum absolute atomic E-state index is 5.66. The van der Waals surface area contributed by atoms with Gasteiger partial charge in [0.15, 0.2) is 0 Å². The molecule has 0 spiro atoms. The van der Waals surface area contributed by atoms with Gasteiger partial charge in [0.25, 0.3) is 0 Å². The zero-order chi connectivity index (χ0) is 13.9. The molecule has 0 aliphatic carbocycles. The summed E-state index contributed by atoms with van der Waals surface area (Å²) in [7, 11) is 2.21. The zero-order valence-electron chi connectivity index (χ0n) is 12.2. The smallest absolute Gasteiger partial charge is 0.209 e. The Labute approximate surface area is 124 Å². The van der Waals surface area contributed by atoms with E-state index < -0.39 is 0 Å². The van der Waals surface area contributed by atoms with Crippen molar-refractivity contribution in [2.45, 2.75) is 12.8 Å². The Morgan fingerprint density at radius 2 is 1.80 bits per heavy atom. The predicted molar refractivity (Wildman–Crippen MR) is 83.2 cm³/mol. The number of piperidine rings is 1. The first kappa shape index (κ1) is 14.0. The van der Waals surface area contributed by atoms with Gasteiger partial charge < -0.3 is 20.4 Å². The summed E-state index contributed by atoms with van der Waals surface area (Å²) in [4.78, 5) is 7.37. The Bertz CT molecular complexity index is 420. The number of piperazine rings is 1. The third kappa shape index (κ3) is 3.39. The third-order valence-corrected chi connectivity index (χ3v) is 5.24. The Morgan fingerprint density at radius 1 is 1.10 bits per heavy atom. The maximum Gasteiger partial charge on any atom is 0.209 e. The Morgan fingerprint density at radius 3 is 2.40 bits per heavy atom. The van der Waals surface area contributed by atoms with Crippen molar-refractivity contribution in [1.82, 2.24) is 20.0 Å². The van der Waals surface area contributed by atoms with E-state index in [4.69, 9.17) is 5.73 Å². The summed E-state index contributed by atoms with van der Waals surface area (Å²) in [5.74, 6) is 0.833. The molecular formula is C13H24N6S. The first-order valence-electron chi connectivity index (χ1n) is 7.45. The van der Waals surface area contributed by atoms with Gasteiger partial charge in [-0.2, -0.15) is 0 Å². The molecule has 1 aromatic rings. The van der Waals surface area contributed by atoms with E-state index >= 15 is 0 Å². The number of rotatable bonds is 3. The molecule has 0 aromatic carbocycles. The van der Waals surface area contributed by atoms with E-state index in [1.54, 1.807) is 0 Å². The van der Waals surface area contributed by atoms with Crippen molar-refractivity contribution in [3.8, 4) is 0 Å². The SMILES string of the molecule is CN1CCN(CC2CCN(c3nnc(N)s3)CC2)CC1. The van der Waals surface area contributed by atoms with E-state index in [0.29, 0.717) is 5.13 Å². The number of nitrogen functional groups attached to an aromatic ring is 1. The predicted octanol–water partition coefficient (Wildman–Crippen LogP) is 0.584. The van der Waals surface area contributed by atoms with Gasteiger partial charge in [0.2, 0.25) is 10.3 Å². The highest BCUT2D eigenvalue weighted by atomic mass is 32.1. The van der Waals surface area contributed by atoms with E-state index in [2.05, 4.69) is 31.9 Å². The minimum absolute atomic E-state index is 0.569. The number of anilines is 2. The number of aromatic nitrogens is 2. The standard InChI is InChI=1S/C13H24N6S/c1-17-6-8-18(9-7-17)10-11-2-4-19(5-3-11)13-16-15-12(14)20-13/h11H,2-10H2,1H3,(H2,14,15). The molecule has 0 saturated carbocycles. The zero-order valence-corrected chi connectivity index (χ0v) is 13.0. The second kappa shape index (κ2) is 6.24. The van der Waals surface area contributed by atoms with Gasteiger partial charge in [0, 0.05) is 45.8 Å². The van der Waals surface area contributed by atoms with Gasteiger partial charge in [-0.1, -0.05) is 11.3 Å². The van der Waals surface area contributed by atoms with Crippen LogP contribution in [0.1, 0.15) is 12.8 Å². The summed E-state index contributed by atoms with van der Waals surface area (Å²) >= 11 is 1.50. The molecule has 112 valence electrons. The van der Waals surface area contributed by atoms with Crippen LogP contribution in [0.3, 0.4) is 0 Å². The van der Waals surface area contributed by atoms with Crippen LogP contribution in [0, 0.1) is 5.92 Å². The molecule has 2 saturated heterocycles. The first-order valence-corrected chi connectivity index (χ1v) is 8.27. The molecular weight excluding hydrogens is 272 g/mol. The summed E-state index contributed by atoms with van der Waals surface area (Å²) in [6.45, 7) is 8.32. The van der Waals surface area contributed by atoms with Crippen molar-refractivity contribution in [3.05, 3.63) is 0 Å². The maximum atomic E-state index is 5.66. The van der Waals surface area contributed by atoms with E-state index in [9.17, 15) is 0 Å². The summed E-state index contributed by atoms with van der Waals surface area (Å²) in [5, 5.41) is 9.60. The Balaban J connectivity index is 1.44. The van der Waals surface area contributed by atoms with Crippen molar-refractivity contribution in [3.63, 3.8) is 0 Å². The lowest BCUT2D eigenvalue weighted by molar-refractivity contribution is 0.129. The molecule has 6 nitrogen and oxygen atoms in total. The fourth-order valence-electron chi connectivity index (χ4n) is 3.06. The van der Waals surface area contributed by atoms with Crippen LogP contribution in [0.5, 0.6) is 0 Å².